The van der Waals surface area contributed by atoms with Crippen molar-refractivity contribution in [3.05, 3.63) is 30.5 Å². The van der Waals surface area contributed by atoms with Crippen LogP contribution in [-0.4, -0.2) is 27.2 Å². The van der Waals surface area contributed by atoms with Gasteiger partial charge in [-0.25, -0.2) is 0 Å². The highest BCUT2D eigenvalue weighted by molar-refractivity contribution is 5.94. The van der Waals surface area contributed by atoms with Gasteiger partial charge in [0.1, 0.15) is 0 Å². The Labute approximate surface area is 104 Å². The Morgan fingerprint density at radius 2 is 2.00 bits per heavy atom. The first-order valence-electron chi connectivity index (χ1n) is 5.65. The Morgan fingerprint density at radius 1 is 1.28 bits per heavy atom. The number of carboxylic acid groups (broad SMARTS) is 1. The number of allylic oxidation sites excluding steroid dienone is 2. The molecule has 1 aromatic heterocycles. The zero-order chi connectivity index (χ0) is 13.0. The van der Waals surface area contributed by atoms with Crippen LogP contribution in [0.25, 0.3) is 0 Å². The molecule has 0 saturated heterocycles. The molecule has 0 fully saturated rings. The highest BCUT2D eigenvalue weighted by Gasteiger charge is 2.34. The minimum Gasteiger partial charge on any atom is -0.481 e. The van der Waals surface area contributed by atoms with E-state index in [4.69, 9.17) is 5.11 Å². The first kappa shape index (κ1) is 12.2. The largest absolute Gasteiger partial charge is 0.481 e. The van der Waals surface area contributed by atoms with E-state index >= 15 is 0 Å². The number of amides is 1. The predicted molar refractivity (Wildman–Crippen MR) is 63.7 cm³/mol. The summed E-state index contributed by atoms with van der Waals surface area (Å²) in [4.78, 5) is 23.1. The molecule has 18 heavy (non-hydrogen) atoms. The number of hydrogen-bond donors (Lipinski definition) is 2. The Bertz CT molecular complexity index is 473. The molecule has 6 heteroatoms. The molecule has 1 heterocycles. The second-order valence-corrected chi connectivity index (χ2v) is 4.09. The number of carboxylic acids is 1. The SMILES string of the molecule is O=C(O)C1CC=CCC1C(=O)Nc1cccnn1. The van der Waals surface area contributed by atoms with E-state index < -0.39 is 17.8 Å². The van der Waals surface area contributed by atoms with Gasteiger partial charge in [-0.05, 0) is 25.0 Å². The third-order valence-corrected chi connectivity index (χ3v) is 2.91. The van der Waals surface area contributed by atoms with Gasteiger partial charge in [0, 0.05) is 6.20 Å². The second-order valence-electron chi connectivity index (χ2n) is 4.09. The van der Waals surface area contributed by atoms with E-state index in [1.54, 1.807) is 18.2 Å². The number of anilines is 1. The van der Waals surface area contributed by atoms with E-state index in [1.165, 1.54) is 6.20 Å². The van der Waals surface area contributed by atoms with E-state index in [-0.39, 0.29) is 5.91 Å². The van der Waals surface area contributed by atoms with Gasteiger partial charge in [0.05, 0.1) is 11.8 Å². The number of nitrogens with zero attached hydrogens (tertiary/aromatic N) is 2. The van der Waals surface area contributed by atoms with Crippen LogP contribution in [0.3, 0.4) is 0 Å². The Balaban J connectivity index is 2.08. The lowest BCUT2D eigenvalue weighted by Gasteiger charge is -2.23. The van der Waals surface area contributed by atoms with E-state index in [0.717, 1.165) is 0 Å². The van der Waals surface area contributed by atoms with Gasteiger partial charge >= 0.3 is 5.97 Å². The standard InChI is InChI=1S/C12H13N3O3/c16-11(14-10-6-3-7-13-15-10)8-4-1-2-5-9(8)12(17)18/h1-3,6-9H,4-5H2,(H,17,18)(H,14,15,16). The lowest BCUT2D eigenvalue weighted by Crippen LogP contribution is -2.34. The van der Waals surface area contributed by atoms with Crippen LogP contribution in [0.15, 0.2) is 30.5 Å². The fourth-order valence-electron chi connectivity index (χ4n) is 1.96. The molecule has 2 N–H and O–H groups in total. The number of aliphatic carboxylic acids is 1. The van der Waals surface area contributed by atoms with Crippen LogP contribution in [0.5, 0.6) is 0 Å². The molecule has 2 atom stereocenters. The molecule has 2 rings (SSSR count). The molecule has 0 spiro atoms. The Morgan fingerprint density at radius 3 is 2.61 bits per heavy atom. The summed E-state index contributed by atoms with van der Waals surface area (Å²) in [6, 6.07) is 3.26. The maximum Gasteiger partial charge on any atom is 0.307 e. The molecular formula is C12H13N3O3. The highest BCUT2D eigenvalue weighted by atomic mass is 16.4. The van der Waals surface area contributed by atoms with Crippen molar-refractivity contribution < 1.29 is 14.7 Å². The summed E-state index contributed by atoms with van der Waals surface area (Å²) in [6.45, 7) is 0. The van der Waals surface area contributed by atoms with Crippen molar-refractivity contribution in [3.63, 3.8) is 0 Å². The van der Waals surface area contributed by atoms with Crippen LogP contribution in [0.1, 0.15) is 12.8 Å². The van der Waals surface area contributed by atoms with E-state index in [0.29, 0.717) is 18.7 Å². The zero-order valence-corrected chi connectivity index (χ0v) is 9.61. The lowest BCUT2D eigenvalue weighted by molar-refractivity contribution is -0.146. The van der Waals surface area contributed by atoms with Gasteiger partial charge in [-0.2, -0.15) is 5.10 Å². The summed E-state index contributed by atoms with van der Waals surface area (Å²) in [7, 11) is 0. The first-order valence-corrected chi connectivity index (χ1v) is 5.65. The number of carbonyl (C=O) groups is 2. The van der Waals surface area contributed by atoms with Gasteiger partial charge in [0.15, 0.2) is 5.82 Å². The molecule has 1 aliphatic carbocycles. The number of aromatic nitrogens is 2. The minimum atomic E-state index is -0.946. The highest BCUT2D eigenvalue weighted by Crippen LogP contribution is 2.26. The molecule has 1 aliphatic rings. The second kappa shape index (κ2) is 5.39. The van der Waals surface area contributed by atoms with Crippen molar-refractivity contribution in [3.8, 4) is 0 Å². The molecule has 1 amide bonds. The van der Waals surface area contributed by atoms with E-state index in [1.807, 2.05) is 6.08 Å². The summed E-state index contributed by atoms with van der Waals surface area (Å²) in [5.41, 5.74) is 0. The average molecular weight is 247 g/mol. The van der Waals surface area contributed by atoms with Gasteiger partial charge in [-0.1, -0.05) is 12.2 Å². The smallest absolute Gasteiger partial charge is 0.307 e. The average Bonchev–Trinajstić information content (AvgIpc) is 2.40. The van der Waals surface area contributed by atoms with Gasteiger partial charge < -0.3 is 10.4 Å². The quantitative estimate of drug-likeness (QED) is 0.780. The fraction of sp³-hybridized carbons (Fsp3) is 0.333. The Kier molecular flexibility index (Phi) is 3.66. The monoisotopic (exact) mass is 247 g/mol. The molecule has 6 nitrogen and oxygen atoms in total. The topological polar surface area (TPSA) is 92.2 Å². The third kappa shape index (κ3) is 2.71. The fourth-order valence-corrected chi connectivity index (χ4v) is 1.96. The maximum absolute atomic E-state index is 12.0. The van der Waals surface area contributed by atoms with Crippen LogP contribution in [0.2, 0.25) is 0 Å². The summed E-state index contributed by atoms with van der Waals surface area (Å²) in [6.07, 6.45) is 5.95. The Hall–Kier alpha value is -2.24. The van der Waals surface area contributed by atoms with Gasteiger partial charge in [-0.3, -0.25) is 9.59 Å². The molecule has 0 bridgehead atoms. The van der Waals surface area contributed by atoms with Crippen LogP contribution in [0, 0.1) is 11.8 Å². The maximum atomic E-state index is 12.0. The normalized spacial score (nSPS) is 22.4. The number of nitrogens with one attached hydrogen (secondary N) is 1. The first-order chi connectivity index (χ1) is 8.68. The van der Waals surface area contributed by atoms with Crippen LogP contribution in [0.4, 0.5) is 5.82 Å². The molecule has 0 aromatic carbocycles. The van der Waals surface area contributed by atoms with Crippen molar-refractivity contribution in [2.24, 2.45) is 11.8 Å². The molecule has 94 valence electrons. The molecule has 2 unspecified atom stereocenters. The zero-order valence-electron chi connectivity index (χ0n) is 9.61. The predicted octanol–water partition coefficient (Wildman–Crippen LogP) is 1.08. The van der Waals surface area contributed by atoms with E-state index in [2.05, 4.69) is 15.5 Å². The molecule has 0 aliphatic heterocycles. The van der Waals surface area contributed by atoms with Crippen LogP contribution >= 0.6 is 0 Å². The van der Waals surface area contributed by atoms with Crippen molar-refractivity contribution in [2.75, 3.05) is 5.32 Å². The molecular weight excluding hydrogens is 234 g/mol. The van der Waals surface area contributed by atoms with E-state index in [9.17, 15) is 9.59 Å². The number of rotatable bonds is 3. The third-order valence-electron chi connectivity index (χ3n) is 2.91. The van der Waals surface area contributed by atoms with Crippen LogP contribution < -0.4 is 5.32 Å². The lowest BCUT2D eigenvalue weighted by atomic mass is 9.82. The van der Waals surface area contributed by atoms with Gasteiger partial charge in [0.25, 0.3) is 0 Å². The van der Waals surface area contributed by atoms with Gasteiger partial charge in [0.2, 0.25) is 5.91 Å². The molecule has 0 saturated carbocycles. The number of carbonyl (C=O) groups excluding carboxylic acids is 1. The summed E-state index contributed by atoms with van der Waals surface area (Å²) in [5, 5.41) is 19.0. The number of hydrogen-bond acceptors (Lipinski definition) is 4. The summed E-state index contributed by atoms with van der Waals surface area (Å²) >= 11 is 0. The van der Waals surface area contributed by atoms with Crippen molar-refractivity contribution in [2.45, 2.75) is 12.8 Å². The summed E-state index contributed by atoms with van der Waals surface area (Å²) in [5.74, 6) is -2.17. The minimum absolute atomic E-state index is 0.327. The van der Waals surface area contributed by atoms with Gasteiger partial charge in [-0.15, -0.1) is 5.10 Å². The molecule has 0 radical (unpaired) electrons. The summed E-state index contributed by atoms with van der Waals surface area (Å²) < 4.78 is 0. The van der Waals surface area contributed by atoms with Crippen molar-refractivity contribution >= 4 is 17.7 Å². The molecule has 1 aromatic rings. The van der Waals surface area contributed by atoms with Crippen LogP contribution in [-0.2, 0) is 9.59 Å². The van der Waals surface area contributed by atoms with Crippen molar-refractivity contribution in [1.29, 1.82) is 0 Å². The van der Waals surface area contributed by atoms with Crippen molar-refractivity contribution in [1.82, 2.24) is 10.2 Å².